The highest BCUT2D eigenvalue weighted by Gasteiger charge is 2.29. The lowest BCUT2D eigenvalue weighted by atomic mass is 9.90. The minimum Gasteiger partial charge on any atom is -0.444 e. The molecule has 6 heteroatoms. The Morgan fingerprint density at radius 2 is 2.00 bits per heavy atom. The summed E-state index contributed by atoms with van der Waals surface area (Å²) in [7, 11) is 0. The van der Waals surface area contributed by atoms with Gasteiger partial charge in [-0.25, -0.2) is 9.18 Å². The number of piperidine rings is 1. The first-order valence-corrected chi connectivity index (χ1v) is 8.73. The molecule has 0 spiro atoms. The Kier molecular flexibility index (Phi) is 5.97. The van der Waals surface area contributed by atoms with E-state index in [9.17, 15) is 9.18 Å². The van der Waals surface area contributed by atoms with Gasteiger partial charge in [-0.15, -0.1) is 0 Å². The summed E-state index contributed by atoms with van der Waals surface area (Å²) in [6, 6.07) is 4.59. The second kappa shape index (κ2) is 7.60. The normalized spacial score (nSPS) is 17.5. The Balaban J connectivity index is 1.87. The van der Waals surface area contributed by atoms with Crippen molar-refractivity contribution < 1.29 is 13.9 Å². The average Bonchev–Trinajstić information content (AvgIpc) is 2.49. The fraction of sp³-hybridized carbons (Fsp3) is 0.611. The van der Waals surface area contributed by atoms with Crippen molar-refractivity contribution in [1.82, 2.24) is 4.90 Å². The summed E-state index contributed by atoms with van der Waals surface area (Å²) in [5.74, 6) is 0.0551. The van der Waals surface area contributed by atoms with Crippen LogP contribution < -0.4 is 5.32 Å². The largest absolute Gasteiger partial charge is 0.444 e. The van der Waals surface area contributed by atoms with E-state index in [1.807, 2.05) is 27.7 Å². The van der Waals surface area contributed by atoms with Crippen LogP contribution in [0.2, 0.25) is 5.02 Å². The summed E-state index contributed by atoms with van der Waals surface area (Å²) < 4.78 is 19.2. The number of amides is 1. The Bertz CT molecular complexity index is 581. The van der Waals surface area contributed by atoms with Crippen molar-refractivity contribution in [2.24, 2.45) is 5.92 Å². The average molecular weight is 357 g/mol. The van der Waals surface area contributed by atoms with Crippen LogP contribution in [-0.2, 0) is 4.74 Å². The van der Waals surface area contributed by atoms with Crippen LogP contribution in [0.5, 0.6) is 0 Å². The predicted octanol–water partition coefficient (Wildman–Crippen LogP) is 4.93. The number of likely N-dealkylation sites (tertiary alicyclic amines) is 1. The molecule has 0 saturated carbocycles. The third-order valence-corrected chi connectivity index (χ3v) is 4.45. The van der Waals surface area contributed by atoms with Crippen LogP contribution in [0.15, 0.2) is 18.2 Å². The van der Waals surface area contributed by atoms with Crippen LogP contribution in [0.1, 0.15) is 40.5 Å². The first-order valence-electron chi connectivity index (χ1n) is 8.35. The van der Waals surface area contributed by atoms with E-state index < -0.39 is 5.60 Å². The van der Waals surface area contributed by atoms with Crippen molar-refractivity contribution in [3.63, 3.8) is 0 Å². The molecule has 1 aromatic rings. The summed E-state index contributed by atoms with van der Waals surface area (Å²) in [6.07, 6.45) is 1.45. The number of ether oxygens (including phenoxy) is 1. The zero-order chi connectivity index (χ0) is 17.9. The molecule has 4 nitrogen and oxygen atoms in total. The number of nitrogens with zero attached hydrogens (tertiary/aromatic N) is 1. The van der Waals surface area contributed by atoms with Gasteiger partial charge < -0.3 is 15.0 Å². The molecule has 1 aliphatic rings. The molecule has 1 aromatic carbocycles. The molecule has 24 heavy (non-hydrogen) atoms. The zero-order valence-corrected chi connectivity index (χ0v) is 15.5. The van der Waals surface area contributed by atoms with E-state index in [-0.39, 0.29) is 18.0 Å². The highest BCUT2D eigenvalue weighted by Crippen LogP contribution is 2.26. The fourth-order valence-corrected chi connectivity index (χ4v) is 3.05. The second-order valence-corrected chi connectivity index (χ2v) is 7.80. The highest BCUT2D eigenvalue weighted by molar-refractivity contribution is 6.30. The maximum Gasteiger partial charge on any atom is 0.410 e. The van der Waals surface area contributed by atoms with E-state index in [1.165, 1.54) is 12.1 Å². The molecule has 1 amide bonds. The van der Waals surface area contributed by atoms with E-state index in [4.69, 9.17) is 16.3 Å². The number of carbonyl (C=O) groups excluding carboxylic acids is 1. The smallest absolute Gasteiger partial charge is 0.410 e. The Labute approximate surface area is 148 Å². The predicted molar refractivity (Wildman–Crippen MR) is 95.0 cm³/mol. The van der Waals surface area contributed by atoms with E-state index in [0.717, 1.165) is 12.8 Å². The quantitative estimate of drug-likeness (QED) is 0.835. The first kappa shape index (κ1) is 18.8. The van der Waals surface area contributed by atoms with Gasteiger partial charge in [0.25, 0.3) is 0 Å². The number of carbonyl (C=O) groups is 1. The molecule has 1 atom stereocenters. The molecule has 134 valence electrons. The molecule has 1 heterocycles. The van der Waals surface area contributed by atoms with Crippen molar-refractivity contribution in [2.75, 3.05) is 18.4 Å². The molecule has 1 N–H and O–H groups in total. The first-order chi connectivity index (χ1) is 11.2. The number of nitrogens with one attached hydrogen (secondary N) is 1. The molecule has 0 bridgehead atoms. The van der Waals surface area contributed by atoms with Gasteiger partial charge in [-0.05, 0) is 64.7 Å². The molecule has 1 saturated heterocycles. The van der Waals surface area contributed by atoms with Crippen LogP contribution in [0.4, 0.5) is 14.9 Å². The number of halogens is 2. The SMILES string of the molecule is CC(Nc1cc(Cl)ccc1F)C1CCN(C(=O)OC(C)(C)C)CC1. The van der Waals surface area contributed by atoms with Gasteiger partial charge in [0.1, 0.15) is 11.4 Å². The summed E-state index contributed by atoms with van der Waals surface area (Å²) in [6.45, 7) is 8.94. The Hall–Kier alpha value is -1.49. The molecule has 1 unspecified atom stereocenters. The molecule has 1 aliphatic heterocycles. The van der Waals surface area contributed by atoms with Crippen molar-refractivity contribution >= 4 is 23.4 Å². The van der Waals surface area contributed by atoms with Gasteiger partial charge >= 0.3 is 6.09 Å². The number of benzene rings is 1. The summed E-state index contributed by atoms with van der Waals surface area (Å²) in [4.78, 5) is 13.8. The topological polar surface area (TPSA) is 41.6 Å². The maximum atomic E-state index is 13.8. The lowest BCUT2D eigenvalue weighted by molar-refractivity contribution is 0.0179. The van der Waals surface area contributed by atoms with Crippen molar-refractivity contribution in [3.8, 4) is 0 Å². The maximum absolute atomic E-state index is 13.8. The van der Waals surface area contributed by atoms with Gasteiger partial charge in [0.15, 0.2) is 0 Å². The Morgan fingerprint density at radius 1 is 1.38 bits per heavy atom. The summed E-state index contributed by atoms with van der Waals surface area (Å²) in [5.41, 5.74) is -0.0584. The molecular weight excluding hydrogens is 331 g/mol. The van der Waals surface area contributed by atoms with E-state index in [2.05, 4.69) is 5.32 Å². The minimum absolute atomic E-state index is 0.0961. The summed E-state index contributed by atoms with van der Waals surface area (Å²) in [5, 5.41) is 3.71. The van der Waals surface area contributed by atoms with E-state index in [0.29, 0.717) is 29.7 Å². The molecular formula is C18H26ClFN2O2. The van der Waals surface area contributed by atoms with Crippen LogP contribution >= 0.6 is 11.6 Å². The standard InChI is InChI=1S/C18H26ClFN2O2/c1-12(21-16-11-14(19)5-6-15(16)20)13-7-9-22(10-8-13)17(23)24-18(2,3)4/h5-6,11-13,21H,7-10H2,1-4H3. The number of rotatable bonds is 3. The summed E-state index contributed by atoms with van der Waals surface area (Å²) >= 11 is 5.93. The van der Waals surface area contributed by atoms with Gasteiger partial charge in [0.2, 0.25) is 0 Å². The van der Waals surface area contributed by atoms with Crippen molar-refractivity contribution in [1.29, 1.82) is 0 Å². The Morgan fingerprint density at radius 3 is 2.58 bits per heavy atom. The van der Waals surface area contributed by atoms with Crippen LogP contribution in [-0.4, -0.2) is 35.7 Å². The van der Waals surface area contributed by atoms with E-state index in [1.54, 1.807) is 11.0 Å². The highest BCUT2D eigenvalue weighted by atomic mass is 35.5. The van der Waals surface area contributed by atoms with Crippen LogP contribution in [0.3, 0.4) is 0 Å². The van der Waals surface area contributed by atoms with Gasteiger partial charge in [-0.2, -0.15) is 0 Å². The second-order valence-electron chi connectivity index (χ2n) is 7.36. The van der Waals surface area contributed by atoms with Gasteiger partial charge in [0, 0.05) is 24.2 Å². The molecule has 0 aromatic heterocycles. The molecule has 0 radical (unpaired) electrons. The van der Waals surface area contributed by atoms with E-state index >= 15 is 0 Å². The van der Waals surface area contributed by atoms with Crippen LogP contribution in [0.25, 0.3) is 0 Å². The molecule has 1 fully saturated rings. The number of hydrogen-bond acceptors (Lipinski definition) is 3. The molecule has 2 rings (SSSR count). The number of hydrogen-bond donors (Lipinski definition) is 1. The number of anilines is 1. The van der Waals surface area contributed by atoms with Gasteiger partial charge in [-0.3, -0.25) is 0 Å². The lowest BCUT2D eigenvalue weighted by Gasteiger charge is -2.36. The van der Waals surface area contributed by atoms with Crippen molar-refractivity contribution in [3.05, 3.63) is 29.0 Å². The molecule has 0 aliphatic carbocycles. The third kappa shape index (κ3) is 5.26. The monoisotopic (exact) mass is 356 g/mol. The van der Waals surface area contributed by atoms with Gasteiger partial charge in [0.05, 0.1) is 5.69 Å². The van der Waals surface area contributed by atoms with Crippen LogP contribution in [0, 0.1) is 11.7 Å². The zero-order valence-electron chi connectivity index (χ0n) is 14.7. The lowest BCUT2D eigenvalue weighted by Crippen LogP contribution is -2.44. The van der Waals surface area contributed by atoms with Gasteiger partial charge in [-0.1, -0.05) is 11.6 Å². The minimum atomic E-state index is -0.479. The third-order valence-electron chi connectivity index (χ3n) is 4.21. The van der Waals surface area contributed by atoms with Crippen molar-refractivity contribution in [2.45, 2.75) is 52.2 Å². The fourth-order valence-electron chi connectivity index (χ4n) is 2.88.